The van der Waals surface area contributed by atoms with Crippen molar-refractivity contribution in [3.63, 3.8) is 0 Å². The first kappa shape index (κ1) is 14.2. The summed E-state index contributed by atoms with van der Waals surface area (Å²) in [6.45, 7) is 13.5. The molecule has 1 aromatic carbocycles. The van der Waals surface area contributed by atoms with Gasteiger partial charge in [-0.3, -0.25) is 4.90 Å². The van der Waals surface area contributed by atoms with E-state index in [1.54, 1.807) is 0 Å². The van der Waals surface area contributed by atoms with Crippen LogP contribution < -0.4 is 10.6 Å². The van der Waals surface area contributed by atoms with Gasteiger partial charge in [0.1, 0.15) is 0 Å². The first-order chi connectivity index (χ1) is 9.08. The van der Waals surface area contributed by atoms with Crippen molar-refractivity contribution in [2.75, 3.05) is 36.8 Å². The predicted octanol–water partition coefficient (Wildman–Crippen LogP) is 2.83. The number of likely N-dealkylation sites (tertiary alicyclic amines) is 1. The van der Waals surface area contributed by atoms with Crippen LogP contribution in [-0.4, -0.2) is 37.1 Å². The summed E-state index contributed by atoms with van der Waals surface area (Å²) in [4.78, 5) is 5.01. The van der Waals surface area contributed by atoms with Crippen molar-refractivity contribution in [1.29, 1.82) is 0 Å². The minimum atomic E-state index is 0.589. The minimum Gasteiger partial charge on any atom is -0.399 e. The van der Waals surface area contributed by atoms with Gasteiger partial charge in [0.05, 0.1) is 0 Å². The average molecular weight is 261 g/mol. The summed E-state index contributed by atoms with van der Waals surface area (Å²) in [5.41, 5.74) is 8.45. The molecule has 2 N–H and O–H groups in total. The standard InChI is InChI=1S/C14H21N3.C2H6/c1-11(2)16-7-14(8-16)9-17(10-14)13-5-3-12(15)4-6-13;1-2/h3-6,11H,7-10,15H2,1-2H3;1-2H3. The van der Waals surface area contributed by atoms with Crippen LogP contribution >= 0.6 is 0 Å². The zero-order valence-corrected chi connectivity index (χ0v) is 12.7. The fraction of sp³-hybridized carbons (Fsp3) is 0.625. The van der Waals surface area contributed by atoms with Crippen LogP contribution in [-0.2, 0) is 0 Å². The van der Waals surface area contributed by atoms with E-state index in [0.29, 0.717) is 11.5 Å². The zero-order chi connectivity index (χ0) is 14.0. The lowest BCUT2D eigenvalue weighted by Gasteiger charge is -2.62. The van der Waals surface area contributed by atoms with Crippen LogP contribution in [0, 0.1) is 5.41 Å². The number of nitrogens with zero attached hydrogens (tertiary/aromatic N) is 2. The topological polar surface area (TPSA) is 32.5 Å². The van der Waals surface area contributed by atoms with E-state index in [1.165, 1.54) is 31.9 Å². The molecule has 3 heteroatoms. The number of benzene rings is 1. The van der Waals surface area contributed by atoms with Crippen molar-refractivity contribution in [3.05, 3.63) is 24.3 Å². The molecule has 0 radical (unpaired) electrons. The van der Waals surface area contributed by atoms with E-state index in [0.717, 1.165) is 5.69 Å². The highest BCUT2D eigenvalue weighted by Crippen LogP contribution is 2.42. The molecule has 2 fully saturated rings. The smallest absolute Gasteiger partial charge is 0.0368 e. The molecule has 0 atom stereocenters. The third-order valence-corrected chi connectivity index (χ3v) is 4.12. The average Bonchev–Trinajstić information content (AvgIpc) is 2.30. The Balaban J connectivity index is 0.000000637. The molecule has 19 heavy (non-hydrogen) atoms. The van der Waals surface area contributed by atoms with Gasteiger partial charge >= 0.3 is 0 Å². The van der Waals surface area contributed by atoms with Crippen LogP contribution in [0.3, 0.4) is 0 Å². The normalized spacial score (nSPS) is 20.6. The maximum Gasteiger partial charge on any atom is 0.0368 e. The molecule has 0 bridgehead atoms. The third-order valence-electron chi connectivity index (χ3n) is 4.12. The molecule has 3 rings (SSSR count). The lowest BCUT2D eigenvalue weighted by atomic mass is 9.72. The second-order valence-electron chi connectivity index (χ2n) is 5.95. The highest BCUT2D eigenvalue weighted by Gasteiger charge is 2.51. The Morgan fingerprint density at radius 3 is 2.00 bits per heavy atom. The molecule has 2 heterocycles. The van der Waals surface area contributed by atoms with E-state index in [-0.39, 0.29) is 0 Å². The third kappa shape index (κ3) is 2.71. The summed E-state index contributed by atoms with van der Waals surface area (Å²) in [6.07, 6.45) is 0. The molecular weight excluding hydrogens is 234 g/mol. The molecule has 0 unspecified atom stereocenters. The van der Waals surface area contributed by atoms with Crippen LogP contribution in [0.15, 0.2) is 24.3 Å². The Bertz CT molecular complexity index is 397. The van der Waals surface area contributed by atoms with Gasteiger partial charge in [0.25, 0.3) is 0 Å². The summed E-state index contributed by atoms with van der Waals surface area (Å²) in [5.74, 6) is 0. The van der Waals surface area contributed by atoms with Gasteiger partial charge in [0, 0.05) is 49.0 Å². The van der Waals surface area contributed by atoms with Crippen molar-refractivity contribution >= 4 is 11.4 Å². The predicted molar refractivity (Wildman–Crippen MR) is 83.6 cm³/mol. The SMILES string of the molecule is CC.CC(C)N1CC2(CN(c3ccc(N)cc3)C2)C1. The Morgan fingerprint density at radius 1 is 1.00 bits per heavy atom. The fourth-order valence-electron chi connectivity index (χ4n) is 3.01. The van der Waals surface area contributed by atoms with E-state index in [2.05, 4.69) is 35.8 Å². The fourth-order valence-corrected chi connectivity index (χ4v) is 3.01. The molecule has 2 saturated heterocycles. The van der Waals surface area contributed by atoms with Gasteiger partial charge in [-0.15, -0.1) is 0 Å². The van der Waals surface area contributed by atoms with Gasteiger partial charge in [0.2, 0.25) is 0 Å². The molecule has 106 valence electrons. The van der Waals surface area contributed by atoms with Gasteiger partial charge in [-0.1, -0.05) is 13.8 Å². The molecule has 1 spiro atoms. The highest BCUT2D eigenvalue weighted by atomic mass is 15.3. The number of hydrogen-bond acceptors (Lipinski definition) is 3. The number of nitrogen functional groups attached to an aromatic ring is 1. The molecular formula is C16H27N3. The van der Waals surface area contributed by atoms with Gasteiger partial charge < -0.3 is 10.6 Å². The maximum atomic E-state index is 5.70. The molecule has 0 saturated carbocycles. The van der Waals surface area contributed by atoms with E-state index in [9.17, 15) is 0 Å². The number of nitrogens with two attached hydrogens (primary N) is 1. The molecule has 3 nitrogen and oxygen atoms in total. The van der Waals surface area contributed by atoms with E-state index in [4.69, 9.17) is 5.73 Å². The monoisotopic (exact) mass is 261 g/mol. The summed E-state index contributed by atoms with van der Waals surface area (Å²) in [7, 11) is 0. The highest BCUT2D eigenvalue weighted by molar-refractivity contribution is 5.55. The summed E-state index contributed by atoms with van der Waals surface area (Å²) >= 11 is 0. The minimum absolute atomic E-state index is 0.589. The Hall–Kier alpha value is -1.22. The summed E-state index contributed by atoms with van der Waals surface area (Å²) < 4.78 is 0. The molecule has 0 amide bonds. The van der Waals surface area contributed by atoms with Gasteiger partial charge in [0.15, 0.2) is 0 Å². The Morgan fingerprint density at radius 2 is 1.53 bits per heavy atom. The van der Waals surface area contributed by atoms with E-state index >= 15 is 0 Å². The van der Waals surface area contributed by atoms with Crippen LogP contribution in [0.25, 0.3) is 0 Å². The summed E-state index contributed by atoms with van der Waals surface area (Å²) in [6, 6.07) is 8.93. The van der Waals surface area contributed by atoms with Crippen molar-refractivity contribution in [1.82, 2.24) is 4.90 Å². The van der Waals surface area contributed by atoms with Gasteiger partial charge in [-0.05, 0) is 38.1 Å². The van der Waals surface area contributed by atoms with Gasteiger partial charge in [-0.25, -0.2) is 0 Å². The van der Waals surface area contributed by atoms with Crippen LogP contribution in [0.1, 0.15) is 27.7 Å². The van der Waals surface area contributed by atoms with E-state index in [1.807, 2.05) is 26.0 Å². The van der Waals surface area contributed by atoms with Crippen LogP contribution in [0.2, 0.25) is 0 Å². The first-order valence-corrected chi connectivity index (χ1v) is 7.43. The molecule has 2 aliphatic heterocycles. The zero-order valence-electron chi connectivity index (χ0n) is 12.7. The second kappa shape index (κ2) is 5.41. The first-order valence-electron chi connectivity index (χ1n) is 7.43. The van der Waals surface area contributed by atoms with Crippen molar-refractivity contribution < 1.29 is 0 Å². The molecule has 2 aliphatic rings. The second-order valence-corrected chi connectivity index (χ2v) is 5.95. The van der Waals surface area contributed by atoms with Crippen LogP contribution in [0.5, 0.6) is 0 Å². The Labute approximate surface area is 117 Å². The van der Waals surface area contributed by atoms with Crippen molar-refractivity contribution in [2.24, 2.45) is 5.41 Å². The number of hydrogen-bond donors (Lipinski definition) is 1. The van der Waals surface area contributed by atoms with Crippen LogP contribution in [0.4, 0.5) is 11.4 Å². The molecule has 0 aliphatic carbocycles. The largest absolute Gasteiger partial charge is 0.399 e. The molecule has 1 aromatic rings. The number of anilines is 2. The van der Waals surface area contributed by atoms with E-state index < -0.39 is 0 Å². The Kier molecular flexibility index (Phi) is 4.04. The lowest BCUT2D eigenvalue weighted by molar-refractivity contribution is -0.0411. The maximum absolute atomic E-state index is 5.70. The lowest BCUT2D eigenvalue weighted by Crippen LogP contribution is -2.73. The summed E-state index contributed by atoms with van der Waals surface area (Å²) in [5, 5.41) is 0. The molecule has 0 aromatic heterocycles. The quantitative estimate of drug-likeness (QED) is 0.831. The van der Waals surface area contributed by atoms with Crippen molar-refractivity contribution in [2.45, 2.75) is 33.7 Å². The van der Waals surface area contributed by atoms with Gasteiger partial charge in [-0.2, -0.15) is 0 Å². The van der Waals surface area contributed by atoms with Crippen molar-refractivity contribution in [3.8, 4) is 0 Å². The number of rotatable bonds is 2.